The molecule has 0 bridgehead atoms. The number of benzene rings is 2. The van der Waals surface area contributed by atoms with Crippen LogP contribution in [0.3, 0.4) is 0 Å². The Hall–Kier alpha value is -4.33. The molecular weight excluding hydrogens is 411 g/mol. The summed E-state index contributed by atoms with van der Waals surface area (Å²) in [6, 6.07) is 15.8. The van der Waals surface area contributed by atoms with Crippen LogP contribution >= 0.6 is 0 Å². The Morgan fingerprint density at radius 3 is 2.50 bits per heavy atom. The molecule has 1 atom stereocenters. The van der Waals surface area contributed by atoms with Gasteiger partial charge < -0.3 is 9.67 Å². The van der Waals surface area contributed by atoms with Gasteiger partial charge in [0.05, 0.1) is 17.1 Å². The Morgan fingerprint density at radius 1 is 1.03 bits per heavy atom. The highest BCUT2D eigenvalue weighted by Crippen LogP contribution is 2.25. The van der Waals surface area contributed by atoms with Gasteiger partial charge in [-0.05, 0) is 29.3 Å². The fraction of sp³-hybridized carbons (Fsp3) is 0.0833. The van der Waals surface area contributed by atoms with Crippen molar-refractivity contribution in [2.75, 3.05) is 0 Å². The van der Waals surface area contributed by atoms with Gasteiger partial charge in [0.25, 0.3) is 5.56 Å². The summed E-state index contributed by atoms with van der Waals surface area (Å²) in [5, 5.41) is 14.4. The zero-order valence-electron chi connectivity index (χ0n) is 16.7. The van der Waals surface area contributed by atoms with Gasteiger partial charge in [0.1, 0.15) is 11.9 Å². The zero-order chi connectivity index (χ0) is 22.2. The molecule has 0 saturated carbocycles. The van der Waals surface area contributed by atoms with E-state index >= 15 is 0 Å². The van der Waals surface area contributed by atoms with Crippen molar-refractivity contribution in [3.8, 4) is 11.1 Å². The lowest BCUT2D eigenvalue weighted by Crippen LogP contribution is -2.31. The van der Waals surface area contributed by atoms with E-state index in [1.54, 1.807) is 24.4 Å². The molecule has 0 aliphatic rings. The average Bonchev–Trinajstić information content (AvgIpc) is 3.24. The van der Waals surface area contributed by atoms with E-state index in [1.165, 1.54) is 33.6 Å². The summed E-state index contributed by atoms with van der Waals surface area (Å²) in [5.74, 6) is -1.44. The number of hydrogen-bond acceptors (Lipinski definition) is 4. The molecule has 0 radical (unpaired) electrons. The third-order valence-electron chi connectivity index (χ3n) is 5.47. The van der Waals surface area contributed by atoms with E-state index in [2.05, 4.69) is 10.1 Å². The van der Waals surface area contributed by atoms with E-state index in [0.717, 1.165) is 11.1 Å². The highest BCUT2D eigenvalue weighted by molar-refractivity contribution is 5.85. The van der Waals surface area contributed by atoms with Crippen LogP contribution in [0.4, 0.5) is 4.39 Å². The van der Waals surface area contributed by atoms with Crippen molar-refractivity contribution in [1.29, 1.82) is 0 Å². The van der Waals surface area contributed by atoms with Crippen LogP contribution < -0.4 is 5.56 Å². The van der Waals surface area contributed by atoms with Crippen LogP contribution in [0, 0.1) is 5.82 Å². The minimum absolute atomic E-state index is 0.174. The average molecular weight is 428 g/mol. The zero-order valence-corrected chi connectivity index (χ0v) is 16.7. The normalized spacial score (nSPS) is 12.3. The van der Waals surface area contributed by atoms with Crippen molar-refractivity contribution in [3.05, 3.63) is 101 Å². The van der Waals surface area contributed by atoms with Crippen LogP contribution in [-0.4, -0.2) is 30.2 Å². The van der Waals surface area contributed by atoms with E-state index in [0.29, 0.717) is 16.7 Å². The minimum atomic E-state index is -1.10. The first-order valence-corrected chi connectivity index (χ1v) is 9.93. The number of aromatic nitrogens is 4. The van der Waals surface area contributed by atoms with Gasteiger partial charge in [-0.3, -0.25) is 4.79 Å². The first-order chi connectivity index (χ1) is 15.5. The molecule has 3 aromatic heterocycles. The second-order valence-corrected chi connectivity index (χ2v) is 7.43. The standard InChI is InChI=1S/C24H17FN4O3/c25-17-8-6-16(7-9-17)18-14-27-29-20-10-11-28(23(30)19(20)13-26-22(18)29)21(24(31)32)12-15-4-2-1-3-5-15/h1-11,13-14,21H,12H2,(H,31,32). The quantitative estimate of drug-likeness (QED) is 0.461. The van der Waals surface area contributed by atoms with E-state index in [-0.39, 0.29) is 17.6 Å². The Kier molecular flexibility index (Phi) is 4.74. The Balaban J connectivity index is 1.62. The fourth-order valence-corrected chi connectivity index (χ4v) is 3.85. The molecule has 0 aliphatic carbocycles. The molecule has 0 spiro atoms. The molecule has 32 heavy (non-hydrogen) atoms. The molecule has 0 aliphatic heterocycles. The van der Waals surface area contributed by atoms with Crippen molar-refractivity contribution in [2.45, 2.75) is 12.5 Å². The van der Waals surface area contributed by atoms with E-state index in [4.69, 9.17) is 0 Å². The molecule has 158 valence electrons. The molecule has 5 rings (SSSR count). The maximum absolute atomic E-state index is 13.3. The summed E-state index contributed by atoms with van der Waals surface area (Å²) in [7, 11) is 0. The lowest BCUT2D eigenvalue weighted by Gasteiger charge is -2.16. The lowest BCUT2D eigenvalue weighted by molar-refractivity contribution is -0.141. The molecule has 1 N–H and O–H groups in total. The second-order valence-electron chi connectivity index (χ2n) is 7.43. The summed E-state index contributed by atoms with van der Waals surface area (Å²) >= 11 is 0. The fourth-order valence-electron chi connectivity index (χ4n) is 3.85. The van der Waals surface area contributed by atoms with Crippen LogP contribution in [0.15, 0.2) is 84.0 Å². The Bertz CT molecular complexity index is 1510. The summed E-state index contributed by atoms with van der Waals surface area (Å²) in [6.45, 7) is 0. The first-order valence-electron chi connectivity index (χ1n) is 9.93. The summed E-state index contributed by atoms with van der Waals surface area (Å²) in [6.07, 6.45) is 4.69. The molecule has 1 unspecified atom stereocenters. The van der Waals surface area contributed by atoms with Crippen molar-refractivity contribution in [2.24, 2.45) is 0 Å². The van der Waals surface area contributed by atoms with Crippen LogP contribution in [-0.2, 0) is 11.2 Å². The van der Waals surface area contributed by atoms with Gasteiger partial charge in [0.15, 0.2) is 5.65 Å². The van der Waals surface area contributed by atoms with Gasteiger partial charge in [-0.2, -0.15) is 5.10 Å². The number of nitrogens with zero attached hydrogens (tertiary/aromatic N) is 4. The van der Waals surface area contributed by atoms with Gasteiger partial charge in [-0.15, -0.1) is 0 Å². The Labute approximate surface area is 181 Å². The predicted molar refractivity (Wildman–Crippen MR) is 117 cm³/mol. The molecule has 8 heteroatoms. The van der Waals surface area contributed by atoms with Crippen molar-refractivity contribution < 1.29 is 14.3 Å². The highest BCUT2D eigenvalue weighted by atomic mass is 19.1. The van der Waals surface area contributed by atoms with Crippen LogP contribution in [0.25, 0.3) is 27.7 Å². The second kappa shape index (κ2) is 7.73. The maximum Gasteiger partial charge on any atom is 0.327 e. The number of carboxylic acid groups (broad SMARTS) is 1. The van der Waals surface area contributed by atoms with Crippen LogP contribution in [0.2, 0.25) is 0 Å². The minimum Gasteiger partial charge on any atom is -0.480 e. The van der Waals surface area contributed by atoms with Gasteiger partial charge in [-0.25, -0.2) is 18.7 Å². The third-order valence-corrected chi connectivity index (χ3v) is 5.47. The number of pyridine rings is 1. The van der Waals surface area contributed by atoms with Gasteiger partial charge >= 0.3 is 5.97 Å². The van der Waals surface area contributed by atoms with Crippen molar-refractivity contribution >= 4 is 22.5 Å². The van der Waals surface area contributed by atoms with Crippen molar-refractivity contribution in [1.82, 2.24) is 19.2 Å². The van der Waals surface area contributed by atoms with E-state index < -0.39 is 17.6 Å². The van der Waals surface area contributed by atoms with Gasteiger partial charge in [0, 0.05) is 24.4 Å². The molecule has 3 heterocycles. The molecule has 2 aromatic carbocycles. The molecule has 0 fully saturated rings. The number of fused-ring (bicyclic) bond motifs is 3. The molecule has 0 saturated heterocycles. The molecule has 7 nitrogen and oxygen atoms in total. The Morgan fingerprint density at radius 2 is 1.78 bits per heavy atom. The third kappa shape index (κ3) is 3.31. The summed E-state index contributed by atoms with van der Waals surface area (Å²) in [4.78, 5) is 29.6. The first kappa shape index (κ1) is 19.6. The van der Waals surface area contributed by atoms with Crippen LogP contribution in [0.5, 0.6) is 0 Å². The van der Waals surface area contributed by atoms with Gasteiger partial charge in [-0.1, -0.05) is 42.5 Å². The molecular formula is C24H17FN4O3. The number of rotatable bonds is 5. The number of carbonyl (C=O) groups is 1. The highest BCUT2D eigenvalue weighted by Gasteiger charge is 2.23. The topological polar surface area (TPSA) is 89.5 Å². The van der Waals surface area contributed by atoms with E-state index in [9.17, 15) is 19.1 Å². The van der Waals surface area contributed by atoms with Crippen molar-refractivity contribution in [3.63, 3.8) is 0 Å². The maximum atomic E-state index is 13.3. The summed E-state index contributed by atoms with van der Waals surface area (Å²) in [5.41, 5.74) is 2.82. The SMILES string of the molecule is O=C(O)C(Cc1ccccc1)n1ccc2c(cnc3c(-c4ccc(F)cc4)cnn32)c1=O. The largest absolute Gasteiger partial charge is 0.480 e. The number of aliphatic carboxylic acids is 1. The summed E-state index contributed by atoms with van der Waals surface area (Å²) < 4.78 is 16.0. The van der Waals surface area contributed by atoms with E-state index in [1.807, 2.05) is 30.3 Å². The lowest BCUT2D eigenvalue weighted by atomic mass is 10.1. The molecule has 5 aromatic rings. The monoisotopic (exact) mass is 428 g/mol. The number of hydrogen-bond donors (Lipinski definition) is 1. The predicted octanol–water partition coefficient (Wildman–Crippen LogP) is 3.72. The van der Waals surface area contributed by atoms with Crippen LogP contribution in [0.1, 0.15) is 11.6 Å². The smallest absolute Gasteiger partial charge is 0.327 e. The molecule has 0 amide bonds. The van der Waals surface area contributed by atoms with Gasteiger partial charge in [0.2, 0.25) is 0 Å². The number of carboxylic acids is 1. The number of halogens is 1.